The maximum absolute atomic E-state index is 13.9. The Kier molecular flexibility index (Phi) is 4.59. The third-order valence-electron chi connectivity index (χ3n) is 2.25. The number of sulfone groups is 1. The van der Waals surface area contributed by atoms with Gasteiger partial charge in [0.05, 0.1) is 6.61 Å². The zero-order valence-corrected chi connectivity index (χ0v) is 11.0. The van der Waals surface area contributed by atoms with Crippen LogP contribution in [-0.2, 0) is 19.4 Å². The largest absolute Gasteiger partial charge is 0.464 e. The Morgan fingerprint density at radius 3 is 2.47 bits per heavy atom. The fourth-order valence-corrected chi connectivity index (χ4v) is 2.31. The summed E-state index contributed by atoms with van der Waals surface area (Å²) in [6.07, 6.45) is -1.39. The molecule has 0 bridgehead atoms. The fraction of sp³-hybridized carbons (Fsp3) is 0.364. The van der Waals surface area contributed by atoms with Crippen LogP contribution >= 0.6 is 0 Å². The molecule has 0 fully saturated rings. The standard InChI is InChI=1S/C11H12F2O5S/c1-3-18-11(15)9(14)6-4-5-7(12)10(8(6)13)19(2,16)17/h4-5,9,14H,3H2,1-2H3. The molecule has 19 heavy (non-hydrogen) atoms. The molecule has 0 aliphatic carbocycles. The van der Waals surface area contributed by atoms with Crippen LogP contribution in [0.5, 0.6) is 0 Å². The summed E-state index contributed by atoms with van der Waals surface area (Å²) < 4.78 is 54.2. The Hall–Kier alpha value is -1.54. The van der Waals surface area contributed by atoms with E-state index >= 15 is 0 Å². The smallest absolute Gasteiger partial charge is 0.339 e. The first-order valence-corrected chi connectivity index (χ1v) is 7.12. The van der Waals surface area contributed by atoms with E-state index < -0.39 is 44.0 Å². The molecule has 1 N–H and O–H groups in total. The Bertz CT molecular complexity index is 597. The molecule has 0 spiro atoms. The van der Waals surface area contributed by atoms with Crippen molar-refractivity contribution in [3.8, 4) is 0 Å². The number of carbonyl (C=O) groups is 1. The number of aliphatic hydroxyl groups is 1. The number of benzene rings is 1. The number of esters is 1. The average Bonchev–Trinajstić information content (AvgIpc) is 2.26. The maximum Gasteiger partial charge on any atom is 0.339 e. The minimum atomic E-state index is -4.17. The second kappa shape index (κ2) is 5.62. The number of ether oxygens (including phenoxy) is 1. The lowest BCUT2D eigenvalue weighted by molar-refractivity contribution is -0.153. The van der Waals surface area contributed by atoms with Gasteiger partial charge in [-0.15, -0.1) is 0 Å². The van der Waals surface area contributed by atoms with Gasteiger partial charge in [0.25, 0.3) is 0 Å². The first-order chi connectivity index (χ1) is 8.70. The van der Waals surface area contributed by atoms with E-state index in [0.717, 1.165) is 6.07 Å². The molecule has 0 saturated carbocycles. The van der Waals surface area contributed by atoms with Gasteiger partial charge in [0, 0.05) is 11.8 Å². The number of rotatable bonds is 4. The number of carbonyl (C=O) groups excluding carboxylic acids is 1. The summed E-state index contributed by atoms with van der Waals surface area (Å²) in [5, 5.41) is 9.55. The van der Waals surface area contributed by atoms with Crippen LogP contribution in [0.3, 0.4) is 0 Å². The van der Waals surface area contributed by atoms with Crippen molar-refractivity contribution in [1.29, 1.82) is 0 Å². The summed E-state index contributed by atoms with van der Waals surface area (Å²) in [7, 11) is -4.17. The van der Waals surface area contributed by atoms with Gasteiger partial charge in [0.15, 0.2) is 21.8 Å². The Morgan fingerprint density at radius 2 is 2.00 bits per heavy atom. The number of hydrogen-bond acceptors (Lipinski definition) is 5. The molecule has 0 amide bonds. The van der Waals surface area contributed by atoms with Crippen molar-refractivity contribution >= 4 is 15.8 Å². The third-order valence-corrected chi connectivity index (χ3v) is 3.37. The Balaban J connectivity index is 3.37. The molecule has 0 saturated heterocycles. The van der Waals surface area contributed by atoms with E-state index in [-0.39, 0.29) is 6.61 Å². The molecular formula is C11H12F2O5S. The zero-order chi connectivity index (χ0) is 14.8. The van der Waals surface area contributed by atoms with Gasteiger partial charge in [-0.1, -0.05) is 0 Å². The van der Waals surface area contributed by atoms with E-state index in [9.17, 15) is 27.1 Å². The molecule has 1 rings (SSSR count). The summed E-state index contributed by atoms with van der Waals surface area (Å²) in [6.45, 7) is 1.44. The van der Waals surface area contributed by atoms with Gasteiger partial charge in [0.1, 0.15) is 10.7 Å². The monoisotopic (exact) mass is 294 g/mol. The normalized spacial score (nSPS) is 13.1. The lowest BCUT2D eigenvalue weighted by atomic mass is 10.1. The molecule has 0 radical (unpaired) electrons. The van der Waals surface area contributed by atoms with Crippen LogP contribution in [0.15, 0.2) is 17.0 Å². The molecule has 1 aromatic carbocycles. The van der Waals surface area contributed by atoms with E-state index in [2.05, 4.69) is 4.74 Å². The third kappa shape index (κ3) is 3.27. The highest BCUT2D eigenvalue weighted by Crippen LogP contribution is 2.26. The quantitative estimate of drug-likeness (QED) is 0.837. The summed E-state index contributed by atoms with van der Waals surface area (Å²) >= 11 is 0. The molecule has 1 aromatic rings. The van der Waals surface area contributed by atoms with Crippen LogP contribution in [0.4, 0.5) is 8.78 Å². The van der Waals surface area contributed by atoms with Crippen LogP contribution in [0, 0.1) is 11.6 Å². The van der Waals surface area contributed by atoms with E-state index in [1.54, 1.807) is 0 Å². The van der Waals surface area contributed by atoms with Crippen LogP contribution in [0.1, 0.15) is 18.6 Å². The molecule has 1 atom stereocenters. The van der Waals surface area contributed by atoms with E-state index in [1.807, 2.05) is 0 Å². The van der Waals surface area contributed by atoms with Gasteiger partial charge in [-0.25, -0.2) is 22.0 Å². The molecule has 0 aliphatic heterocycles. The van der Waals surface area contributed by atoms with Gasteiger partial charge in [0.2, 0.25) is 0 Å². The van der Waals surface area contributed by atoms with E-state index in [1.165, 1.54) is 6.92 Å². The van der Waals surface area contributed by atoms with Crippen molar-refractivity contribution in [2.24, 2.45) is 0 Å². The van der Waals surface area contributed by atoms with E-state index in [0.29, 0.717) is 12.3 Å². The fourth-order valence-electron chi connectivity index (χ4n) is 1.45. The highest BCUT2D eigenvalue weighted by atomic mass is 32.2. The topological polar surface area (TPSA) is 80.7 Å². The van der Waals surface area contributed by atoms with Crippen molar-refractivity contribution in [2.75, 3.05) is 12.9 Å². The Labute approximate surface area is 108 Å². The molecule has 0 aromatic heterocycles. The first kappa shape index (κ1) is 15.5. The molecule has 106 valence electrons. The average molecular weight is 294 g/mol. The lowest BCUT2D eigenvalue weighted by Gasteiger charge is -2.13. The highest BCUT2D eigenvalue weighted by Gasteiger charge is 2.28. The molecule has 1 unspecified atom stereocenters. The van der Waals surface area contributed by atoms with Crippen molar-refractivity contribution in [3.05, 3.63) is 29.3 Å². The van der Waals surface area contributed by atoms with Crippen molar-refractivity contribution in [2.45, 2.75) is 17.9 Å². The zero-order valence-electron chi connectivity index (χ0n) is 10.2. The van der Waals surface area contributed by atoms with Gasteiger partial charge in [-0.05, 0) is 19.1 Å². The lowest BCUT2D eigenvalue weighted by Crippen LogP contribution is -2.18. The summed E-state index contributed by atoms with van der Waals surface area (Å²) in [5.74, 6) is -3.93. The summed E-state index contributed by atoms with van der Waals surface area (Å²) in [4.78, 5) is 10.1. The SMILES string of the molecule is CCOC(=O)C(O)c1ccc(F)c(S(C)(=O)=O)c1F. The molecular weight excluding hydrogens is 282 g/mol. The molecule has 0 heterocycles. The van der Waals surface area contributed by atoms with Crippen molar-refractivity contribution in [3.63, 3.8) is 0 Å². The van der Waals surface area contributed by atoms with Crippen molar-refractivity contribution < 1.29 is 31.8 Å². The van der Waals surface area contributed by atoms with Crippen molar-refractivity contribution in [1.82, 2.24) is 0 Å². The molecule has 0 aliphatic rings. The maximum atomic E-state index is 13.9. The van der Waals surface area contributed by atoms with Crippen LogP contribution in [-0.4, -0.2) is 32.4 Å². The first-order valence-electron chi connectivity index (χ1n) is 5.22. The predicted molar refractivity (Wildman–Crippen MR) is 61.1 cm³/mol. The number of aliphatic hydroxyl groups excluding tert-OH is 1. The molecule has 5 nitrogen and oxygen atoms in total. The van der Waals surface area contributed by atoms with Crippen LogP contribution < -0.4 is 0 Å². The number of hydrogen-bond donors (Lipinski definition) is 1. The Morgan fingerprint density at radius 1 is 1.42 bits per heavy atom. The van der Waals surface area contributed by atoms with Gasteiger partial charge < -0.3 is 9.84 Å². The number of halogens is 2. The second-order valence-electron chi connectivity index (χ2n) is 3.71. The van der Waals surface area contributed by atoms with Gasteiger partial charge in [-0.3, -0.25) is 0 Å². The van der Waals surface area contributed by atoms with Crippen LogP contribution in [0.2, 0.25) is 0 Å². The second-order valence-corrected chi connectivity index (χ2v) is 5.66. The minimum absolute atomic E-state index is 0.0440. The summed E-state index contributed by atoms with van der Waals surface area (Å²) in [6, 6.07) is 1.46. The minimum Gasteiger partial charge on any atom is -0.464 e. The van der Waals surface area contributed by atoms with Gasteiger partial charge >= 0.3 is 5.97 Å². The van der Waals surface area contributed by atoms with E-state index in [4.69, 9.17) is 0 Å². The van der Waals surface area contributed by atoms with Gasteiger partial charge in [-0.2, -0.15) is 0 Å². The highest BCUT2D eigenvalue weighted by molar-refractivity contribution is 7.90. The predicted octanol–water partition coefficient (Wildman–Crippen LogP) is 0.965. The van der Waals surface area contributed by atoms with Crippen LogP contribution in [0.25, 0.3) is 0 Å². The summed E-state index contributed by atoms with van der Waals surface area (Å²) in [5.41, 5.74) is -0.653. The molecule has 8 heteroatoms.